The molecule has 0 spiro atoms. The molecule has 1 aliphatic rings. The van der Waals surface area contributed by atoms with Crippen LogP contribution in [-0.4, -0.2) is 18.6 Å². The highest BCUT2D eigenvalue weighted by atomic mass is 16.5. The zero-order valence-electron chi connectivity index (χ0n) is 12.1. The van der Waals surface area contributed by atoms with Crippen molar-refractivity contribution in [1.29, 1.82) is 0 Å². The number of carbonyl (C=O) groups excluding carboxylic acids is 1. The van der Waals surface area contributed by atoms with Gasteiger partial charge in [-0.05, 0) is 38.2 Å². The Balaban J connectivity index is 1.68. The highest BCUT2D eigenvalue weighted by molar-refractivity contribution is 5.77. The molecule has 1 atom stereocenters. The third-order valence-corrected chi connectivity index (χ3v) is 3.60. The monoisotopic (exact) mass is 273 g/mol. The van der Waals surface area contributed by atoms with Crippen LogP contribution >= 0.6 is 0 Å². The lowest BCUT2D eigenvalue weighted by Crippen LogP contribution is -2.36. The van der Waals surface area contributed by atoms with Crippen LogP contribution in [0.5, 0.6) is 0 Å². The molecule has 0 saturated heterocycles. The third-order valence-electron chi connectivity index (χ3n) is 3.60. The van der Waals surface area contributed by atoms with Crippen molar-refractivity contribution in [2.75, 3.05) is 6.61 Å². The van der Waals surface area contributed by atoms with Gasteiger partial charge in [0.05, 0.1) is 6.61 Å². The van der Waals surface area contributed by atoms with E-state index in [0.29, 0.717) is 6.61 Å². The second-order valence-corrected chi connectivity index (χ2v) is 5.29. The van der Waals surface area contributed by atoms with E-state index in [9.17, 15) is 4.79 Å². The summed E-state index contributed by atoms with van der Waals surface area (Å²) in [7, 11) is 0. The minimum atomic E-state index is -0.0418. The van der Waals surface area contributed by atoms with Crippen LogP contribution in [0, 0.1) is 0 Å². The molecule has 0 aliphatic heterocycles. The summed E-state index contributed by atoms with van der Waals surface area (Å²) < 4.78 is 5.44. The summed E-state index contributed by atoms with van der Waals surface area (Å²) in [4.78, 5) is 11.8. The first-order valence-corrected chi connectivity index (χ1v) is 7.35. The first-order chi connectivity index (χ1) is 9.75. The van der Waals surface area contributed by atoms with Gasteiger partial charge in [0.1, 0.15) is 6.61 Å². The Morgan fingerprint density at radius 2 is 2.10 bits per heavy atom. The topological polar surface area (TPSA) is 38.3 Å². The maximum atomic E-state index is 11.8. The largest absolute Gasteiger partial charge is 0.367 e. The summed E-state index contributed by atoms with van der Waals surface area (Å²) in [5.41, 5.74) is 2.44. The smallest absolute Gasteiger partial charge is 0.246 e. The molecule has 1 N–H and O–H groups in total. The molecule has 0 bridgehead atoms. The molecule has 20 heavy (non-hydrogen) atoms. The number of amides is 1. The molecule has 1 aromatic rings. The van der Waals surface area contributed by atoms with Gasteiger partial charge in [-0.3, -0.25) is 4.79 Å². The van der Waals surface area contributed by atoms with E-state index in [1.807, 2.05) is 37.3 Å². The maximum absolute atomic E-state index is 11.8. The van der Waals surface area contributed by atoms with E-state index in [0.717, 1.165) is 18.4 Å². The van der Waals surface area contributed by atoms with Gasteiger partial charge in [-0.1, -0.05) is 42.0 Å². The molecule has 0 heterocycles. The second kappa shape index (κ2) is 7.85. The fraction of sp³-hybridized carbons (Fsp3) is 0.471. The van der Waals surface area contributed by atoms with Crippen molar-refractivity contribution < 1.29 is 9.53 Å². The number of rotatable bonds is 6. The van der Waals surface area contributed by atoms with Crippen LogP contribution < -0.4 is 5.32 Å². The molecule has 3 nitrogen and oxygen atoms in total. The van der Waals surface area contributed by atoms with Gasteiger partial charge in [0, 0.05) is 6.04 Å². The Morgan fingerprint density at radius 3 is 2.80 bits per heavy atom. The van der Waals surface area contributed by atoms with Crippen molar-refractivity contribution in [2.24, 2.45) is 0 Å². The van der Waals surface area contributed by atoms with Crippen molar-refractivity contribution in [1.82, 2.24) is 5.32 Å². The number of benzene rings is 1. The first-order valence-electron chi connectivity index (χ1n) is 7.35. The van der Waals surface area contributed by atoms with Crippen molar-refractivity contribution in [3.63, 3.8) is 0 Å². The lowest BCUT2D eigenvalue weighted by molar-refractivity contribution is -0.126. The van der Waals surface area contributed by atoms with E-state index in [1.165, 1.54) is 18.4 Å². The molecule has 3 heteroatoms. The van der Waals surface area contributed by atoms with Crippen molar-refractivity contribution in [3.8, 4) is 0 Å². The van der Waals surface area contributed by atoms with Crippen molar-refractivity contribution in [2.45, 2.75) is 45.3 Å². The molecular weight excluding hydrogens is 250 g/mol. The quantitative estimate of drug-likeness (QED) is 0.808. The Hall–Kier alpha value is -1.61. The predicted molar refractivity (Wildman–Crippen MR) is 80.3 cm³/mol. The lowest BCUT2D eigenvalue weighted by atomic mass is 9.95. The number of nitrogens with one attached hydrogen (secondary N) is 1. The fourth-order valence-corrected chi connectivity index (χ4v) is 2.47. The van der Waals surface area contributed by atoms with Gasteiger partial charge in [0.2, 0.25) is 5.91 Å². The van der Waals surface area contributed by atoms with Crippen LogP contribution in [0.15, 0.2) is 42.0 Å². The Kier molecular flexibility index (Phi) is 5.81. The van der Waals surface area contributed by atoms with Gasteiger partial charge >= 0.3 is 0 Å². The standard InChI is InChI=1S/C17H23NO2/c1-14(16-10-6-3-7-11-16)18-17(19)13-20-12-15-8-4-2-5-9-15/h2,4-5,8-10,14H,3,6-7,11-13H2,1H3,(H,18,19). The van der Waals surface area contributed by atoms with Crippen LogP contribution in [0.1, 0.15) is 38.2 Å². The van der Waals surface area contributed by atoms with Crippen LogP contribution in [-0.2, 0) is 16.1 Å². The van der Waals surface area contributed by atoms with E-state index in [1.54, 1.807) is 0 Å². The average Bonchev–Trinajstić information content (AvgIpc) is 2.49. The minimum Gasteiger partial charge on any atom is -0.367 e. The fourth-order valence-electron chi connectivity index (χ4n) is 2.47. The molecule has 0 radical (unpaired) electrons. The summed E-state index contributed by atoms with van der Waals surface area (Å²) in [6, 6.07) is 10.0. The summed E-state index contributed by atoms with van der Waals surface area (Å²) in [5, 5.41) is 3.00. The van der Waals surface area contributed by atoms with Crippen LogP contribution in [0.25, 0.3) is 0 Å². The zero-order valence-corrected chi connectivity index (χ0v) is 12.1. The number of hydrogen-bond acceptors (Lipinski definition) is 2. The lowest BCUT2D eigenvalue weighted by Gasteiger charge is -2.20. The maximum Gasteiger partial charge on any atom is 0.246 e. The molecule has 1 unspecified atom stereocenters. The number of allylic oxidation sites excluding steroid dienone is 1. The van der Waals surface area contributed by atoms with Gasteiger partial charge in [0.15, 0.2) is 0 Å². The Bertz CT molecular complexity index is 453. The molecular formula is C17H23NO2. The van der Waals surface area contributed by atoms with Gasteiger partial charge in [0.25, 0.3) is 0 Å². The summed E-state index contributed by atoms with van der Waals surface area (Å²) in [6.07, 6.45) is 7.01. The van der Waals surface area contributed by atoms with Crippen molar-refractivity contribution >= 4 is 5.91 Å². The van der Waals surface area contributed by atoms with E-state index in [2.05, 4.69) is 11.4 Å². The first kappa shape index (κ1) is 14.8. The molecule has 1 aliphatic carbocycles. The zero-order chi connectivity index (χ0) is 14.2. The number of ether oxygens (including phenoxy) is 1. The average molecular weight is 273 g/mol. The van der Waals surface area contributed by atoms with E-state index in [-0.39, 0.29) is 18.6 Å². The Labute approximate surface area is 121 Å². The van der Waals surface area contributed by atoms with Gasteiger partial charge in [-0.15, -0.1) is 0 Å². The molecule has 0 aromatic heterocycles. The van der Waals surface area contributed by atoms with E-state index >= 15 is 0 Å². The number of hydrogen-bond donors (Lipinski definition) is 1. The third kappa shape index (κ3) is 4.82. The predicted octanol–water partition coefficient (Wildman–Crippen LogP) is 3.21. The summed E-state index contributed by atoms with van der Waals surface area (Å²) >= 11 is 0. The molecule has 1 amide bonds. The summed E-state index contributed by atoms with van der Waals surface area (Å²) in [5.74, 6) is -0.0418. The second-order valence-electron chi connectivity index (χ2n) is 5.29. The summed E-state index contributed by atoms with van der Waals surface area (Å²) in [6.45, 7) is 2.64. The highest BCUT2D eigenvalue weighted by Crippen LogP contribution is 2.19. The van der Waals surface area contributed by atoms with Gasteiger partial charge in [-0.2, -0.15) is 0 Å². The molecule has 108 valence electrons. The molecule has 2 rings (SSSR count). The Morgan fingerprint density at radius 1 is 1.30 bits per heavy atom. The minimum absolute atomic E-state index is 0.0418. The van der Waals surface area contributed by atoms with E-state index in [4.69, 9.17) is 4.74 Å². The van der Waals surface area contributed by atoms with E-state index < -0.39 is 0 Å². The molecule has 0 fully saturated rings. The van der Waals surface area contributed by atoms with Crippen LogP contribution in [0.3, 0.4) is 0 Å². The van der Waals surface area contributed by atoms with Gasteiger partial charge in [-0.25, -0.2) is 0 Å². The van der Waals surface area contributed by atoms with Crippen LogP contribution in [0.2, 0.25) is 0 Å². The molecule has 1 aromatic carbocycles. The van der Waals surface area contributed by atoms with Crippen LogP contribution in [0.4, 0.5) is 0 Å². The molecule has 0 saturated carbocycles. The van der Waals surface area contributed by atoms with Gasteiger partial charge < -0.3 is 10.1 Å². The SMILES string of the molecule is CC(NC(=O)COCc1ccccc1)C1=CCCCC1. The normalized spacial score (nSPS) is 16.4. The highest BCUT2D eigenvalue weighted by Gasteiger charge is 2.13. The number of carbonyl (C=O) groups is 1. The van der Waals surface area contributed by atoms with Crippen molar-refractivity contribution in [3.05, 3.63) is 47.5 Å².